The van der Waals surface area contributed by atoms with Crippen molar-refractivity contribution in [1.29, 1.82) is 0 Å². The normalized spacial score (nSPS) is 10.7. The first-order valence-electron chi connectivity index (χ1n) is 6.22. The summed E-state index contributed by atoms with van der Waals surface area (Å²) >= 11 is 11.4. The van der Waals surface area contributed by atoms with Gasteiger partial charge in [-0.3, -0.25) is 4.79 Å². The molecule has 0 bridgehead atoms. The molecular weight excluding hydrogens is 313 g/mol. The third-order valence-corrected chi connectivity index (χ3v) is 3.20. The van der Waals surface area contributed by atoms with Crippen molar-refractivity contribution in [1.82, 2.24) is 0 Å². The predicted octanol–water partition coefficient (Wildman–Crippen LogP) is 3.29. The number of rotatable bonds is 4. The molecule has 21 heavy (non-hydrogen) atoms. The van der Waals surface area contributed by atoms with Crippen molar-refractivity contribution >= 4 is 34.8 Å². The third kappa shape index (κ3) is 4.09. The van der Waals surface area contributed by atoms with Gasteiger partial charge in [0.15, 0.2) is 4.84 Å². The van der Waals surface area contributed by atoms with Crippen LogP contribution in [0, 0.1) is 6.92 Å². The minimum atomic E-state index is -1.21. The highest BCUT2D eigenvalue weighted by molar-refractivity contribution is 6.54. The second kappa shape index (κ2) is 6.78. The minimum absolute atomic E-state index is 0.262. The Hall–Kier alpha value is -1.78. The van der Waals surface area contributed by atoms with Crippen LogP contribution in [0.4, 0.5) is 5.69 Å². The first kappa shape index (κ1) is 15.6. The average molecular weight is 326 g/mol. The molecule has 2 rings (SSSR count). The van der Waals surface area contributed by atoms with Crippen molar-refractivity contribution < 1.29 is 9.21 Å². The zero-order chi connectivity index (χ0) is 15.4. The zero-order valence-corrected chi connectivity index (χ0v) is 12.8. The highest BCUT2D eigenvalue weighted by Gasteiger charge is 2.23. The molecule has 0 aliphatic heterocycles. The van der Waals surface area contributed by atoms with Gasteiger partial charge >= 0.3 is 5.63 Å². The van der Waals surface area contributed by atoms with Gasteiger partial charge in [0.05, 0.1) is 12.2 Å². The van der Waals surface area contributed by atoms with Crippen LogP contribution >= 0.6 is 23.2 Å². The van der Waals surface area contributed by atoms with E-state index in [1.54, 1.807) is 13.0 Å². The van der Waals surface area contributed by atoms with E-state index in [1.165, 1.54) is 11.0 Å². The van der Waals surface area contributed by atoms with Gasteiger partial charge in [0.25, 0.3) is 5.91 Å². The van der Waals surface area contributed by atoms with E-state index in [0.717, 1.165) is 5.56 Å². The fourth-order valence-corrected chi connectivity index (χ4v) is 2.16. The SMILES string of the molecule is Cc1cc(N(Cc2ccccc2)C(=O)C(Cl)Cl)cc(=O)o1. The Bertz CT molecular complexity index is 683. The molecule has 0 unspecified atom stereocenters. The molecule has 1 aromatic heterocycles. The monoisotopic (exact) mass is 325 g/mol. The van der Waals surface area contributed by atoms with Gasteiger partial charge in [0.1, 0.15) is 5.76 Å². The Kier molecular flexibility index (Phi) is 5.04. The first-order valence-corrected chi connectivity index (χ1v) is 7.10. The summed E-state index contributed by atoms with van der Waals surface area (Å²) in [6.07, 6.45) is 0. The van der Waals surface area contributed by atoms with Gasteiger partial charge in [0.2, 0.25) is 0 Å². The quantitative estimate of drug-likeness (QED) is 0.810. The topological polar surface area (TPSA) is 50.5 Å². The lowest BCUT2D eigenvalue weighted by atomic mass is 10.2. The molecule has 0 saturated heterocycles. The smallest absolute Gasteiger partial charge is 0.337 e. The molecule has 0 aliphatic rings. The van der Waals surface area contributed by atoms with Gasteiger partial charge < -0.3 is 9.32 Å². The van der Waals surface area contributed by atoms with Crippen LogP contribution < -0.4 is 10.5 Å². The zero-order valence-electron chi connectivity index (χ0n) is 11.3. The summed E-state index contributed by atoms with van der Waals surface area (Å²) in [5, 5.41) is 0. The van der Waals surface area contributed by atoms with Gasteiger partial charge in [-0.25, -0.2) is 4.79 Å². The van der Waals surface area contributed by atoms with Crippen LogP contribution in [-0.2, 0) is 11.3 Å². The fourth-order valence-electron chi connectivity index (χ4n) is 1.92. The number of aryl methyl sites for hydroxylation is 1. The van der Waals surface area contributed by atoms with E-state index >= 15 is 0 Å². The van der Waals surface area contributed by atoms with E-state index in [-0.39, 0.29) is 6.54 Å². The van der Waals surface area contributed by atoms with E-state index in [1.807, 2.05) is 30.3 Å². The Morgan fingerprint density at radius 3 is 2.48 bits per heavy atom. The number of carbonyl (C=O) groups excluding carboxylic acids is 1. The lowest BCUT2D eigenvalue weighted by molar-refractivity contribution is -0.117. The molecule has 2 aromatic rings. The molecule has 0 spiro atoms. The molecule has 0 atom stereocenters. The Morgan fingerprint density at radius 1 is 1.24 bits per heavy atom. The molecule has 110 valence electrons. The molecule has 0 N–H and O–H groups in total. The van der Waals surface area contributed by atoms with Crippen molar-refractivity contribution in [2.45, 2.75) is 18.3 Å². The number of nitrogens with zero attached hydrogens (tertiary/aromatic N) is 1. The maximum absolute atomic E-state index is 12.2. The minimum Gasteiger partial charge on any atom is -0.428 e. The second-order valence-corrected chi connectivity index (χ2v) is 5.55. The van der Waals surface area contributed by atoms with Crippen LogP contribution in [0.1, 0.15) is 11.3 Å². The van der Waals surface area contributed by atoms with Gasteiger partial charge in [-0.2, -0.15) is 0 Å². The van der Waals surface area contributed by atoms with Crippen LogP contribution in [-0.4, -0.2) is 10.7 Å². The Labute approximate surface area is 131 Å². The number of hydrogen-bond donors (Lipinski definition) is 0. The third-order valence-electron chi connectivity index (χ3n) is 2.83. The molecule has 6 heteroatoms. The van der Waals surface area contributed by atoms with Crippen LogP contribution in [0.2, 0.25) is 0 Å². The molecule has 0 saturated carbocycles. The summed E-state index contributed by atoms with van der Waals surface area (Å²) in [5.41, 5.74) is 0.770. The van der Waals surface area contributed by atoms with E-state index in [4.69, 9.17) is 27.6 Å². The Morgan fingerprint density at radius 2 is 1.90 bits per heavy atom. The number of hydrogen-bond acceptors (Lipinski definition) is 3. The summed E-state index contributed by atoms with van der Waals surface area (Å²) in [6, 6.07) is 12.2. The fraction of sp³-hybridized carbons (Fsp3) is 0.200. The maximum atomic E-state index is 12.2. The van der Waals surface area contributed by atoms with E-state index in [9.17, 15) is 9.59 Å². The summed E-state index contributed by atoms with van der Waals surface area (Å²) in [7, 11) is 0. The van der Waals surface area contributed by atoms with Gasteiger partial charge in [-0.1, -0.05) is 53.5 Å². The number of amides is 1. The highest BCUT2D eigenvalue weighted by atomic mass is 35.5. The van der Waals surface area contributed by atoms with E-state index in [2.05, 4.69) is 0 Å². The lowest BCUT2D eigenvalue weighted by Gasteiger charge is -2.23. The summed E-state index contributed by atoms with van der Waals surface area (Å²) in [6.45, 7) is 1.90. The number of anilines is 1. The largest absolute Gasteiger partial charge is 0.428 e. The van der Waals surface area contributed by atoms with E-state index < -0.39 is 16.4 Å². The van der Waals surface area contributed by atoms with Crippen LogP contribution in [0.25, 0.3) is 0 Å². The number of carbonyl (C=O) groups is 1. The van der Waals surface area contributed by atoms with Crippen molar-refractivity contribution in [2.24, 2.45) is 0 Å². The molecular formula is C15H13Cl2NO3. The molecule has 0 radical (unpaired) electrons. The molecule has 0 fully saturated rings. The molecule has 1 amide bonds. The van der Waals surface area contributed by atoms with Crippen LogP contribution in [0.3, 0.4) is 0 Å². The number of halogens is 2. The van der Waals surface area contributed by atoms with Gasteiger partial charge in [0, 0.05) is 12.1 Å². The average Bonchev–Trinajstić information content (AvgIpc) is 2.44. The number of alkyl halides is 2. The van der Waals surface area contributed by atoms with Crippen LogP contribution in [0.5, 0.6) is 0 Å². The van der Waals surface area contributed by atoms with E-state index in [0.29, 0.717) is 11.4 Å². The summed E-state index contributed by atoms with van der Waals surface area (Å²) in [5.74, 6) is -0.0868. The molecule has 0 aliphatic carbocycles. The van der Waals surface area contributed by atoms with Crippen LogP contribution in [0.15, 0.2) is 51.7 Å². The summed E-state index contributed by atoms with van der Waals surface area (Å²) in [4.78, 5) is 23.8. The van der Waals surface area contributed by atoms with Gasteiger partial charge in [-0.15, -0.1) is 0 Å². The van der Waals surface area contributed by atoms with Crippen molar-refractivity contribution in [3.63, 3.8) is 0 Å². The molecule has 4 nitrogen and oxygen atoms in total. The second-order valence-electron chi connectivity index (χ2n) is 4.46. The standard InChI is InChI=1S/C15H13Cl2NO3/c1-10-7-12(8-13(19)21-10)18(15(20)14(16)17)9-11-5-3-2-4-6-11/h2-8,14H,9H2,1H3. The predicted molar refractivity (Wildman–Crippen MR) is 82.8 cm³/mol. The maximum Gasteiger partial charge on any atom is 0.337 e. The summed E-state index contributed by atoms with van der Waals surface area (Å²) < 4.78 is 4.90. The Balaban J connectivity index is 2.40. The molecule has 1 heterocycles. The first-order chi connectivity index (χ1) is 9.97. The molecule has 1 aromatic carbocycles. The highest BCUT2D eigenvalue weighted by Crippen LogP contribution is 2.20. The van der Waals surface area contributed by atoms with Crippen molar-refractivity contribution in [2.75, 3.05) is 4.90 Å². The lowest BCUT2D eigenvalue weighted by Crippen LogP contribution is -2.35. The van der Waals surface area contributed by atoms with Gasteiger partial charge in [-0.05, 0) is 12.5 Å². The van der Waals surface area contributed by atoms with Crippen molar-refractivity contribution in [3.8, 4) is 0 Å². The van der Waals surface area contributed by atoms with Crippen molar-refractivity contribution in [3.05, 3.63) is 64.2 Å². The number of benzene rings is 1.